The first-order valence-corrected chi connectivity index (χ1v) is 12.2. The predicted octanol–water partition coefficient (Wildman–Crippen LogP) is 0.531. The molecule has 2 aromatic rings. The summed E-state index contributed by atoms with van der Waals surface area (Å²) in [5, 5.41) is 18.8. The highest BCUT2D eigenvalue weighted by molar-refractivity contribution is 5.98. The summed E-state index contributed by atoms with van der Waals surface area (Å²) in [6, 6.07) is 14.0. The molecule has 0 saturated carbocycles. The SMILES string of the molecule is COc1ccc(CC(NC(=O)C2NCCC2O)C(=O)NC(Cc2ccccc2)C(=O)C2(C)CO2)cc1. The minimum atomic E-state index is -0.959. The summed E-state index contributed by atoms with van der Waals surface area (Å²) >= 11 is 0. The summed E-state index contributed by atoms with van der Waals surface area (Å²) in [6.07, 6.45) is 0.134. The largest absolute Gasteiger partial charge is 0.497 e. The molecule has 5 atom stereocenters. The zero-order valence-electron chi connectivity index (χ0n) is 20.5. The van der Waals surface area contributed by atoms with Crippen molar-refractivity contribution in [1.29, 1.82) is 0 Å². The number of aliphatic hydroxyl groups is 1. The number of carbonyl (C=O) groups excluding carboxylic acids is 3. The summed E-state index contributed by atoms with van der Waals surface area (Å²) in [6.45, 7) is 2.54. The van der Waals surface area contributed by atoms with E-state index in [1.165, 1.54) is 0 Å². The van der Waals surface area contributed by atoms with Crippen molar-refractivity contribution in [2.24, 2.45) is 0 Å². The molecule has 5 unspecified atom stereocenters. The summed E-state index contributed by atoms with van der Waals surface area (Å²) in [5.74, 6) is -0.474. The average Bonchev–Trinajstić information content (AvgIpc) is 3.49. The van der Waals surface area contributed by atoms with Crippen LogP contribution in [-0.4, -0.2) is 72.8 Å². The molecule has 2 aliphatic heterocycles. The number of carbonyl (C=O) groups is 3. The van der Waals surface area contributed by atoms with E-state index in [1.54, 1.807) is 26.2 Å². The fourth-order valence-corrected chi connectivity index (χ4v) is 4.38. The van der Waals surface area contributed by atoms with Crippen molar-refractivity contribution in [2.45, 2.75) is 56.0 Å². The van der Waals surface area contributed by atoms with Gasteiger partial charge in [0.2, 0.25) is 11.8 Å². The first kappa shape index (κ1) is 25.8. The Morgan fingerprint density at radius 2 is 1.69 bits per heavy atom. The molecule has 2 aromatic carbocycles. The van der Waals surface area contributed by atoms with E-state index in [9.17, 15) is 19.5 Å². The van der Waals surface area contributed by atoms with Crippen LogP contribution in [0.4, 0.5) is 0 Å². The van der Waals surface area contributed by atoms with Crippen LogP contribution in [0, 0.1) is 0 Å². The zero-order chi connectivity index (χ0) is 25.7. The van der Waals surface area contributed by atoms with Crippen molar-refractivity contribution in [3.05, 3.63) is 65.7 Å². The number of ether oxygens (including phenoxy) is 2. The molecule has 2 heterocycles. The van der Waals surface area contributed by atoms with Crippen molar-refractivity contribution in [2.75, 3.05) is 20.3 Å². The third kappa shape index (κ3) is 6.29. The Kier molecular flexibility index (Phi) is 8.03. The Morgan fingerprint density at radius 3 is 2.28 bits per heavy atom. The van der Waals surface area contributed by atoms with E-state index in [0.717, 1.165) is 11.1 Å². The Morgan fingerprint density at radius 1 is 1.06 bits per heavy atom. The fourth-order valence-electron chi connectivity index (χ4n) is 4.38. The second kappa shape index (κ2) is 11.2. The minimum absolute atomic E-state index is 0.199. The lowest BCUT2D eigenvalue weighted by Gasteiger charge is -2.25. The van der Waals surface area contributed by atoms with Gasteiger partial charge in [-0.2, -0.15) is 0 Å². The van der Waals surface area contributed by atoms with E-state index >= 15 is 0 Å². The monoisotopic (exact) mass is 495 g/mol. The maximum Gasteiger partial charge on any atom is 0.243 e. The lowest BCUT2D eigenvalue weighted by atomic mass is 9.94. The van der Waals surface area contributed by atoms with Crippen LogP contribution >= 0.6 is 0 Å². The van der Waals surface area contributed by atoms with Gasteiger partial charge in [-0.3, -0.25) is 14.4 Å². The van der Waals surface area contributed by atoms with Gasteiger partial charge in [0, 0.05) is 6.42 Å². The number of methoxy groups -OCH3 is 1. The van der Waals surface area contributed by atoms with Crippen LogP contribution in [0.1, 0.15) is 24.5 Å². The van der Waals surface area contributed by atoms with Crippen molar-refractivity contribution >= 4 is 17.6 Å². The van der Waals surface area contributed by atoms with Crippen LogP contribution in [-0.2, 0) is 32.0 Å². The molecule has 36 heavy (non-hydrogen) atoms. The molecular weight excluding hydrogens is 462 g/mol. The summed E-state index contributed by atoms with van der Waals surface area (Å²) in [5.41, 5.74) is 0.785. The van der Waals surface area contributed by atoms with Gasteiger partial charge in [-0.25, -0.2) is 0 Å². The highest BCUT2D eigenvalue weighted by Gasteiger charge is 2.50. The van der Waals surface area contributed by atoms with Gasteiger partial charge in [-0.15, -0.1) is 0 Å². The number of amides is 2. The molecule has 192 valence electrons. The first-order chi connectivity index (χ1) is 17.3. The number of benzene rings is 2. The first-order valence-electron chi connectivity index (χ1n) is 12.2. The number of Topliss-reactive ketones (excluding diaryl/α,β-unsaturated/α-hetero) is 1. The number of aliphatic hydroxyl groups excluding tert-OH is 1. The molecular formula is C27H33N3O6. The standard InChI is InChI=1S/C27H33N3O6/c1-27(16-36-27)24(32)20(14-17-6-4-3-5-7-17)29-25(33)21(15-18-8-10-19(35-2)11-9-18)30-26(34)23-22(31)12-13-28-23/h3-11,20-23,28,31H,12-16H2,1-2H3,(H,29,33)(H,30,34). The minimum Gasteiger partial charge on any atom is -0.497 e. The van der Waals surface area contributed by atoms with E-state index in [1.807, 2.05) is 42.5 Å². The number of ketones is 1. The van der Waals surface area contributed by atoms with E-state index in [2.05, 4.69) is 16.0 Å². The topological polar surface area (TPSA) is 129 Å². The van der Waals surface area contributed by atoms with Crippen molar-refractivity contribution in [1.82, 2.24) is 16.0 Å². The van der Waals surface area contributed by atoms with Crippen LogP contribution < -0.4 is 20.7 Å². The maximum atomic E-state index is 13.5. The van der Waals surface area contributed by atoms with Gasteiger partial charge in [-0.1, -0.05) is 42.5 Å². The number of rotatable bonds is 11. The molecule has 9 nitrogen and oxygen atoms in total. The molecule has 2 amide bonds. The zero-order valence-corrected chi connectivity index (χ0v) is 20.5. The van der Waals surface area contributed by atoms with Crippen LogP contribution in [0.25, 0.3) is 0 Å². The van der Waals surface area contributed by atoms with Crippen molar-refractivity contribution < 1.29 is 29.0 Å². The van der Waals surface area contributed by atoms with Gasteiger partial charge in [0.25, 0.3) is 0 Å². The van der Waals surface area contributed by atoms with Gasteiger partial charge >= 0.3 is 0 Å². The highest BCUT2D eigenvalue weighted by Crippen LogP contribution is 2.29. The third-order valence-corrected chi connectivity index (χ3v) is 6.72. The van der Waals surface area contributed by atoms with Gasteiger partial charge in [0.05, 0.1) is 25.9 Å². The Bertz CT molecular complexity index is 1070. The fraction of sp³-hybridized carbons (Fsp3) is 0.444. The molecule has 0 aliphatic carbocycles. The third-order valence-electron chi connectivity index (χ3n) is 6.72. The molecule has 0 bridgehead atoms. The molecule has 0 radical (unpaired) electrons. The molecule has 0 aromatic heterocycles. The van der Waals surface area contributed by atoms with Gasteiger partial charge < -0.3 is 30.5 Å². The molecule has 4 N–H and O–H groups in total. The molecule has 9 heteroatoms. The number of epoxide rings is 1. The van der Waals surface area contributed by atoms with Gasteiger partial charge in [0.15, 0.2) is 5.78 Å². The maximum absolute atomic E-state index is 13.5. The predicted molar refractivity (Wildman–Crippen MR) is 132 cm³/mol. The normalized spacial score (nSPS) is 24.4. The number of hydrogen-bond acceptors (Lipinski definition) is 7. The van der Waals surface area contributed by atoms with E-state index in [4.69, 9.17) is 9.47 Å². The molecule has 2 fully saturated rings. The van der Waals surface area contributed by atoms with E-state index < -0.39 is 41.6 Å². The van der Waals surface area contributed by atoms with Crippen molar-refractivity contribution in [3.63, 3.8) is 0 Å². The van der Waals surface area contributed by atoms with Crippen LogP contribution in [0.3, 0.4) is 0 Å². The molecule has 4 rings (SSSR count). The van der Waals surface area contributed by atoms with Crippen LogP contribution in [0.2, 0.25) is 0 Å². The summed E-state index contributed by atoms with van der Waals surface area (Å²) in [4.78, 5) is 39.7. The van der Waals surface area contributed by atoms with Crippen molar-refractivity contribution in [3.8, 4) is 5.75 Å². The average molecular weight is 496 g/mol. The lowest BCUT2D eigenvalue weighted by Crippen LogP contribution is -2.57. The number of nitrogens with one attached hydrogen (secondary N) is 3. The summed E-state index contributed by atoms with van der Waals surface area (Å²) in [7, 11) is 1.57. The molecule has 0 spiro atoms. The Hall–Kier alpha value is -3.27. The highest BCUT2D eigenvalue weighted by atomic mass is 16.6. The van der Waals surface area contributed by atoms with Gasteiger partial charge in [-0.05, 0) is 49.6 Å². The lowest BCUT2D eigenvalue weighted by molar-refractivity contribution is -0.133. The van der Waals surface area contributed by atoms with Crippen LogP contribution in [0.15, 0.2) is 54.6 Å². The van der Waals surface area contributed by atoms with Crippen LogP contribution in [0.5, 0.6) is 5.75 Å². The number of hydrogen-bond donors (Lipinski definition) is 4. The smallest absolute Gasteiger partial charge is 0.243 e. The molecule has 2 aliphatic rings. The second-order valence-corrected chi connectivity index (χ2v) is 9.54. The quantitative estimate of drug-likeness (QED) is 0.335. The second-order valence-electron chi connectivity index (χ2n) is 9.54. The van der Waals surface area contributed by atoms with E-state index in [-0.39, 0.29) is 12.2 Å². The molecule has 2 saturated heterocycles. The Labute approximate surface area is 210 Å². The van der Waals surface area contributed by atoms with Gasteiger partial charge in [0.1, 0.15) is 23.4 Å². The van der Waals surface area contributed by atoms with E-state index in [0.29, 0.717) is 31.7 Å². The summed E-state index contributed by atoms with van der Waals surface area (Å²) < 4.78 is 10.6. The Balaban J connectivity index is 1.53.